The van der Waals surface area contributed by atoms with Gasteiger partial charge in [-0.3, -0.25) is 9.58 Å². The number of aromatic nitrogens is 2. The predicted octanol–water partition coefficient (Wildman–Crippen LogP) is 1.41. The van der Waals surface area contributed by atoms with E-state index in [0.717, 1.165) is 13.1 Å². The molecule has 1 aromatic heterocycles. The van der Waals surface area contributed by atoms with Gasteiger partial charge in [0.05, 0.1) is 11.9 Å². The highest BCUT2D eigenvalue weighted by Crippen LogP contribution is 2.22. The highest BCUT2D eigenvalue weighted by atomic mass is 15.3. The third-order valence-corrected chi connectivity index (χ3v) is 2.33. The van der Waals surface area contributed by atoms with E-state index in [4.69, 9.17) is 0 Å². The van der Waals surface area contributed by atoms with E-state index in [1.54, 1.807) is 0 Å². The average molecular weight is 165 g/mol. The Labute approximate surface area is 73.0 Å². The first-order chi connectivity index (χ1) is 5.68. The van der Waals surface area contributed by atoms with Crippen molar-refractivity contribution in [3.63, 3.8) is 0 Å². The lowest BCUT2D eigenvalue weighted by molar-refractivity contribution is 0.337. The summed E-state index contributed by atoms with van der Waals surface area (Å²) in [6.45, 7) is 6.45. The van der Waals surface area contributed by atoms with Gasteiger partial charge in [-0.2, -0.15) is 5.10 Å². The number of fused-ring (bicyclic) bond motifs is 1. The molecule has 1 aliphatic rings. The van der Waals surface area contributed by atoms with Crippen molar-refractivity contribution in [2.75, 3.05) is 7.05 Å². The van der Waals surface area contributed by atoms with Crippen molar-refractivity contribution in [1.82, 2.24) is 14.7 Å². The van der Waals surface area contributed by atoms with E-state index >= 15 is 0 Å². The van der Waals surface area contributed by atoms with Crippen LogP contribution in [0.4, 0.5) is 0 Å². The van der Waals surface area contributed by atoms with E-state index in [-0.39, 0.29) is 0 Å². The topological polar surface area (TPSA) is 21.1 Å². The SMILES string of the molecule is CC(C)n1ncc2c1CN(C)C2. The standard InChI is InChI=1S/C9H15N3/c1-7(2)12-9-6-11(3)5-8(9)4-10-12/h4,7H,5-6H2,1-3H3. The second-order valence-electron chi connectivity index (χ2n) is 3.83. The van der Waals surface area contributed by atoms with Crippen molar-refractivity contribution in [1.29, 1.82) is 0 Å². The van der Waals surface area contributed by atoms with Crippen LogP contribution >= 0.6 is 0 Å². The molecule has 0 aromatic carbocycles. The van der Waals surface area contributed by atoms with Gasteiger partial charge in [-0.25, -0.2) is 0 Å². The van der Waals surface area contributed by atoms with Crippen molar-refractivity contribution >= 4 is 0 Å². The fourth-order valence-electron chi connectivity index (χ4n) is 1.78. The van der Waals surface area contributed by atoms with Crippen LogP contribution in [0.15, 0.2) is 6.20 Å². The van der Waals surface area contributed by atoms with Gasteiger partial charge in [0.25, 0.3) is 0 Å². The third kappa shape index (κ3) is 1.05. The summed E-state index contributed by atoms with van der Waals surface area (Å²) >= 11 is 0. The molecule has 66 valence electrons. The van der Waals surface area contributed by atoms with Gasteiger partial charge >= 0.3 is 0 Å². The van der Waals surface area contributed by atoms with Gasteiger partial charge in [0.2, 0.25) is 0 Å². The lowest BCUT2D eigenvalue weighted by atomic mass is 10.3. The molecule has 1 aromatic rings. The monoisotopic (exact) mass is 165 g/mol. The largest absolute Gasteiger partial charge is 0.296 e. The van der Waals surface area contributed by atoms with Crippen molar-refractivity contribution in [2.24, 2.45) is 0 Å². The first kappa shape index (κ1) is 7.80. The number of nitrogens with zero attached hydrogens (tertiary/aromatic N) is 3. The Kier molecular flexibility index (Phi) is 1.68. The van der Waals surface area contributed by atoms with Crippen LogP contribution in [-0.2, 0) is 13.1 Å². The summed E-state index contributed by atoms with van der Waals surface area (Å²) in [5, 5.41) is 4.36. The van der Waals surface area contributed by atoms with Crippen molar-refractivity contribution < 1.29 is 0 Å². The predicted molar refractivity (Wildman–Crippen MR) is 47.8 cm³/mol. The van der Waals surface area contributed by atoms with E-state index in [0.29, 0.717) is 6.04 Å². The second-order valence-corrected chi connectivity index (χ2v) is 3.83. The van der Waals surface area contributed by atoms with Crippen LogP contribution in [-0.4, -0.2) is 21.7 Å². The average Bonchev–Trinajstić information content (AvgIpc) is 2.43. The number of hydrogen-bond donors (Lipinski definition) is 0. The molecule has 3 nitrogen and oxygen atoms in total. The number of hydrogen-bond acceptors (Lipinski definition) is 2. The van der Waals surface area contributed by atoms with Crippen molar-refractivity contribution in [3.05, 3.63) is 17.5 Å². The summed E-state index contributed by atoms with van der Waals surface area (Å²) in [7, 11) is 2.14. The van der Waals surface area contributed by atoms with Crippen LogP contribution in [0.25, 0.3) is 0 Å². The molecule has 0 radical (unpaired) electrons. The van der Waals surface area contributed by atoms with Gasteiger partial charge in [-0.05, 0) is 20.9 Å². The zero-order chi connectivity index (χ0) is 8.72. The zero-order valence-electron chi connectivity index (χ0n) is 7.91. The van der Waals surface area contributed by atoms with E-state index in [1.165, 1.54) is 11.3 Å². The summed E-state index contributed by atoms with van der Waals surface area (Å²) in [5.41, 5.74) is 2.79. The Morgan fingerprint density at radius 1 is 1.42 bits per heavy atom. The van der Waals surface area contributed by atoms with Gasteiger partial charge in [-0.1, -0.05) is 0 Å². The number of rotatable bonds is 1. The Morgan fingerprint density at radius 3 is 2.83 bits per heavy atom. The molecule has 0 saturated carbocycles. The fourth-order valence-corrected chi connectivity index (χ4v) is 1.78. The maximum Gasteiger partial charge on any atom is 0.0572 e. The molecule has 2 heterocycles. The molecule has 0 unspecified atom stereocenters. The Morgan fingerprint density at radius 2 is 2.17 bits per heavy atom. The van der Waals surface area contributed by atoms with E-state index < -0.39 is 0 Å². The molecule has 0 spiro atoms. The van der Waals surface area contributed by atoms with Crippen LogP contribution in [0.3, 0.4) is 0 Å². The molecule has 0 aliphatic carbocycles. The molecule has 0 saturated heterocycles. The molecular formula is C9H15N3. The van der Waals surface area contributed by atoms with E-state index in [9.17, 15) is 0 Å². The maximum absolute atomic E-state index is 4.36. The van der Waals surface area contributed by atoms with Crippen LogP contribution in [0.2, 0.25) is 0 Å². The lowest BCUT2D eigenvalue weighted by Gasteiger charge is -2.10. The van der Waals surface area contributed by atoms with Gasteiger partial charge < -0.3 is 0 Å². The first-order valence-corrected chi connectivity index (χ1v) is 4.42. The first-order valence-electron chi connectivity index (χ1n) is 4.42. The summed E-state index contributed by atoms with van der Waals surface area (Å²) in [4.78, 5) is 2.31. The summed E-state index contributed by atoms with van der Waals surface area (Å²) in [6.07, 6.45) is 2.00. The summed E-state index contributed by atoms with van der Waals surface area (Å²) in [5.74, 6) is 0. The van der Waals surface area contributed by atoms with Crippen LogP contribution in [0.1, 0.15) is 31.1 Å². The Hall–Kier alpha value is -0.830. The van der Waals surface area contributed by atoms with Crippen LogP contribution < -0.4 is 0 Å². The van der Waals surface area contributed by atoms with E-state index in [2.05, 4.69) is 35.6 Å². The molecule has 1 aliphatic heterocycles. The molecular weight excluding hydrogens is 150 g/mol. The van der Waals surface area contributed by atoms with Gasteiger partial charge in [0, 0.05) is 24.7 Å². The van der Waals surface area contributed by atoms with Crippen molar-refractivity contribution in [3.8, 4) is 0 Å². The Balaban J connectivity index is 2.37. The maximum atomic E-state index is 4.36. The zero-order valence-corrected chi connectivity index (χ0v) is 7.91. The van der Waals surface area contributed by atoms with Gasteiger partial charge in [0.15, 0.2) is 0 Å². The molecule has 0 atom stereocenters. The second kappa shape index (κ2) is 2.59. The quantitative estimate of drug-likeness (QED) is 0.627. The minimum atomic E-state index is 0.486. The van der Waals surface area contributed by atoms with Gasteiger partial charge in [0.1, 0.15) is 0 Å². The minimum Gasteiger partial charge on any atom is -0.296 e. The summed E-state index contributed by atoms with van der Waals surface area (Å²) in [6, 6.07) is 0.486. The fraction of sp³-hybridized carbons (Fsp3) is 0.667. The Bertz CT molecular complexity index is 288. The normalized spacial score (nSPS) is 17.3. The highest BCUT2D eigenvalue weighted by Gasteiger charge is 2.21. The smallest absolute Gasteiger partial charge is 0.0572 e. The summed E-state index contributed by atoms with van der Waals surface area (Å²) < 4.78 is 2.12. The molecule has 0 bridgehead atoms. The molecule has 2 rings (SSSR count). The molecule has 12 heavy (non-hydrogen) atoms. The van der Waals surface area contributed by atoms with E-state index in [1.807, 2.05) is 6.20 Å². The van der Waals surface area contributed by atoms with Crippen LogP contribution in [0, 0.1) is 0 Å². The lowest BCUT2D eigenvalue weighted by Crippen LogP contribution is -2.13. The molecule has 3 heteroatoms. The van der Waals surface area contributed by atoms with Crippen LogP contribution in [0.5, 0.6) is 0 Å². The highest BCUT2D eigenvalue weighted by molar-refractivity contribution is 5.22. The molecule has 0 N–H and O–H groups in total. The molecule has 0 fully saturated rings. The molecule has 0 amide bonds. The third-order valence-electron chi connectivity index (χ3n) is 2.33. The van der Waals surface area contributed by atoms with Gasteiger partial charge in [-0.15, -0.1) is 0 Å². The van der Waals surface area contributed by atoms with Crippen molar-refractivity contribution in [2.45, 2.75) is 33.0 Å². The minimum absolute atomic E-state index is 0.486.